The van der Waals surface area contributed by atoms with Gasteiger partial charge < -0.3 is 4.42 Å². The molecule has 0 fully saturated rings. The van der Waals surface area contributed by atoms with Crippen molar-refractivity contribution >= 4 is 18.1 Å². The van der Waals surface area contributed by atoms with Crippen LogP contribution in [0.3, 0.4) is 0 Å². The lowest BCUT2D eigenvalue weighted by Gasteiger charge is -2.08. The van der Waals surface area contributed by atoms with Crippen LogP contribution in [0.5, 0.6) is 0 Å². The Balaban J connectivity index is 2.24. The van der Waals surface area contributed by atoms with Crippen molar-refractivity contribution in [3.63, 3.8) is 0 Å². The first-order valence-electron chi connectivity index (χ1n) is 4.58. The molecule has 0 saturated carbocycles. The number of hydrogen-bond donors (Lipinski definition) is 0. The van der Waals surface area contributed by atoms with E-state index >= 15 is 0 Å². The number of aliphatic imine (C=N–C) groups is 1. The SMILES string of the molecule is CC1CC=C(c2ccc(C=O)o2)C=N1. The minimum atomic E-state index is 0.347. The summed E-state index contributed by atoms with van der Waals surface area (Å²) >= 11 is 0. The van der Waals surface area contributed by atoms with Crippen molar-refractivity contribution in [3.8, 4) is 0 Å². The molecule has 0 bridgehead atoms. The molecule has 2 rings (SSSR count). The summed E-state index contributed by atoms with van der Waals surface area (Å²) in [6.45, 7) is 2.06. The average molecular weight is 189 g/mol. The molecule has 1 aromatic heterocycles. The largest absolute Gasteiger partial charge is 0.453 e. The molecule has 1 aromatic rings. The van der Waals surface area contributed by atoms with Gasteiger partial charge in [-0.3, -0.25) is 9.79 Å². The van der Waals surface area contributed by atoms with E-state index in [1.54, 1.807) is 18.3 Å². The summed E-state index contributed by atoms with van der Waals surface area (Å²) in [5, 5.41) is 0. The summed E-state index contributed by atoms with van der Waals surface area (Å²) in [5.41, 5.74) is 0.955. The van der Waals surface area contributed by atoms with Crippen LogP contribution in [-0.2, 0) is 0 Å². The first-order valence-corrected chi connectivity index (χ1v) is 4.58. The van der Waals surface area contributed by atoms with Crippen LogP contribution in [0.4, 0.5) is 0 Å². The van der Waals surface area contributed by atoms with Crippen LogP contribution >= 0.6 is 0 Å². The topological polar surface area (TPSA) is 42.6 Å². The van der Waals surface area contributed by atoms with Crippen molar-refractivity contribution in [2.24, 2.45) is 4.99 Å². The molecule has 14 heavy (non-hydrogen) atoms. The first-order chi connectivity index (χ1) is 6.79. The average Bonchev–Trinajstić information content (AvgIpc) is 2.67. The first kappa shape index (κ1) is 8.94. The Morgan fingerprint density at radius 2 is 2.43 bits per heavy atom. The maximum absolute atomic E-state index is 10.4. The van der Waals surface area contributed by atoms with Crippen molar-refractivity contribution in [3.05, 3.63) is 29.7 Å². The number of rotatable bonds is 2. The highest BCUT2D eigenvalue weighted by Gasteiger charge is 2.09. The van der Waals surface area contributed by atoms with E-state index in [1.165, 1.54) is 0 Å². The molecule has 0 aromatic carbocycles. The molecule has 72 valence electrons. The molecule has 0 saturated heterocycles. The second-order valence-corrected chi connectivity index (χ2v) is 3.34. The maximum Gasteiger partial charge on any atom is 0.185 e. The Labute approximate surface area is 82.1 Å². The van der Waals surface area contributed by atoms with Crippen molar-refractivity contribution in [2.75, 3.05) is 0 Å². The zero-order valence-corrected chi connectivity index (χ0v) is 7.93. The van der Waals surface area contributed by atoms with Crippen LogP contribution < -0.4 is 0 Å². The molecule has 2 heterocycles. The van der Waals surface area contributed by atoms with Gasteiger partial charge in [-0.15, -0.1) is 0 Å². The standard InChI is InChI=1S/C11H11NO2/c1-8-2-3-9(6-12-8)11-5-4-10(7-13)14-11/h3-8H,2H2,1H3. The van der Waals surface area contributed by atoms with Crippen molar-refractivity contribution < 1.29 is 9.21 Å². The third-order valence-electron chi connectivity index (χ3n) is 2.17. The summed E-state index contributed by atoms with van der Waals surface area (Å²) in [5.74, 6) is 1.07. The molecule has 0 N–H and O–H groups in total. The molecule has 3 heteroatoms. The monoisotopic (exact) mass is 189 g/mol. The van der Waals surface area contributed by atoms with Gasteiger partial charge in [0.15, 0.2) is 12.0 Å². The fourth-order valence-electron chi connectivity index (χ4n) is 1.35. The van der Waals surface area contributed by atoms with Gasteiger partial charge in [0.25, 0.3) is 0 Å². The number of aldehydes is 1. The number of carbonyl (C=O) groups is 1. The summed E-state index contributed by atoms with van der Waals surface area (Å²) in [6.07, 6.45) is 5.49. The van der Waals surface area contributed by atoms with E-state index in [9.17, 15) is 4.79 Å². The zero-order chi connectivity index (χ0) is 9.97. The van der Waals surface area contributed by atoms with E-state index in [1.807, 2.05) is 0 Å². The second kappa shape index (κ2) is 3.62. The highest BCUT2D eigenvalue weighted by Crippen LogP contribution is 2.20. The minimum absolute atomic E-state index is 0.347. The van der Waals surface area contributed by atoms with Crippen molar-refractivity contribution in [2.45, 2.75) is 19.4 Å². The third kappa shape index (κ3) is 1.66. The number of furan rings is 1. The Morgan fingerprint density at radius 3 is 3.00 bits per heavy atom. The van der Waals surface area contributed by atoms with Crippen LogP contribution in [0.25, 0.3) is 5.57 Å². The number of dihydropyridines is 1. The minimum Gasteiger partial charge on any atom is -0.453 e. The molecule has 1 atom stereocenters. The van der Waals surface area contributed by atoms with E-state index in [0.717, 1.165) is 12.0 Å². The van der Waals surface area contributed by atoms with Crippen molar-refractivity contribution in [1.82, 2.24) is 0 Å². The van der Waals surface area contributed by atoms with Gasteiger partial charge in [0, 0.05) is 11.8 Å². The normalized spacial score (nSPS) is 20.6. The van der Waals surface area contributed by atoms with E-state index in [0.29, 0.717) is 23.8 Å². The Bertz CT molecular complexity index is 401. The summed E-state index contributed by atoms with van der Waals surface area (Å²) in [4.78, 5) is 14.7. The van der Waals surface area contributed by atoms with Gasteiger partial charge >= 0.3 is 0 Å². The molecule has 0 amide bonds. The molecule has 0 radical (unpaired) electrons. The number of nitrogens with zero attached hydrogens (tertiary/aromatic N) is 1. The number of hydrogen-bond acceptors (Lipinski definition) is 3. The summed E-state index contributed by atoms with van der Waals surface area (Å²) in [7, 11) is 0. The predicted octanol–water partition coefficient (Wildman–Crippen LogP) is 2.34. The maximum atomic E-state index is 10.4. The van der Waals surface area contributed by atoms with Crippen LogP contribution in [0.1, 0.15) is 29.7 Å². The van der Waals surface area contributed by atoms with Gasteiger partial charge in [-0.2, -0.15) is 0 Å². The van der Waals surface area contributed by atoms with Crippen LogP contribution in [-0.4, -0.2) is 18.5 Å². The third-order valence-corrected chi connectivity index (χ3v) is 2.17. The lowest BCUT2D eigenvalue weighted by molar-refractivity contribution is 0.110. The fraction of sp³-hybridized carbons (Fsp3) is 0.273. The molecule has 1 aliphatic heterocycles. The van der Waals surface area contributed by atoms with Crippen LogP contribution in [0, 0.1) is 0 Å². The lowest BCUT2D eigenvalue weighted by Crippen LogP contribution is -2.02. The van der Waals surface area contributed by atoms with Gasteiger partial charge in [-0.25, -0.2) is 0 Å². The Morgan fingerprint density at radius 1 is 1.57 bits per heavy atom. The van der Waals surface area contributed by atoms with Crippen molar-refractivity contribution in [1.29, 1.82) is 0 Å². The van der Waals surface area contributed by atoms with Gasteiger partial charge in [0.05, 0.1) is 6.04 Å². The molecule has 1 aliphatic rings. The Kier molecular flexibility index (Phi) is 2.31. The fourth-order valence-corrected chi connectivity index (χ4v) is 1.35. The number of carbonyl (C=O) groups excluding carboxylic acids is 1. The predicted molar refractivity (Wildman–Crippen MR) is 54.6 cm³/mol. The number of allylic oxidation sites excluding steroid dienone is 1. The highest BCUT2D eigenvalue weighted by molar-refractivity contribution is 6.09. The molecule has 0 spiro atoms. The second-order valence-electron chi connectivity index (χ2n) is 3.34. The Hall–Kier alpha value is -1.64. The van der Waals surface area contributed by atoms with Crippen LogP contribution in [0.15, 0.2) is 27.6 Å². The molecule has 0 aliphatic carbocycles. The molecular weight excluding hydrogens is 178 g/mol. The quantitative estimate of drug-likeness (QED) is 0.670. The summed E-state index contributed by atoms with van der Waals surface area (Å²) in [6, 6.07) is 3.80. The summed E-state index contributed by atoms with van der Waals surface area (Å²) < 4.78 is 5.28. The van der Waals surface area contributed by atoms with E-state index in [-0.39, 0.29) is 0 Å². The molecule has 3 nitrogen and oxygen atoms in total. The van der Waals surface area contributed by atoms with Crippen LogP contribution in [0.2, 0.25) is 0 Å². The van der Waals surface area contributed by atoms with E-state index in [4.69, 9.17) is 4.42 Å². The highest BCUT2D eigenvalue weighted by atomic mass is 16.3. The van der Waals surface area contributed by atoms with E-state index < -0.39 is 0 Å². The van der Waals surface area contributed by atoms with Gasteiger partial charge in [-0.05, 0) is 25.5 Å². The zero-order valence-electron chi connectivity index (χ0n) is 7.93. The smallest absolute Gasteiger partial charge is 0.185 e. The molecule has 1 unspecified atom stereocenters. The molecular formula is C11H11NO2. The van der Waals surface area contributed by atoms with Gasteiger partial charge in [0.1, 0.15) is 5.76 Å². The van der Waals surface area contributed by atoms with Gasteiger partial charge in [0.2, 0.25) is 0 Å². The van der Waals surface area contributed by atoms with Gasteiger partial charge in [-0.1, -0.05) is 6.08 Å². The van der Waals surface area contributed by atoms with E-state index in [2.05, 4.69) is 18.0 Å². The lowest BCUT2D eigenvalue weighted by atomic mass is 10.1.